The topological polar surface area (TPSA) is 95.9 Å². The van der Waals surface area contributed by atoms with E-state index in [0.717, 1.165) is 5.56 Å². The number of benzene rings is 1. The van der Waals surface area contributed by atoms with Crippen LogP contribution in [0.15, 0.2) is 24.3 Å². The quantitative estimate of drug-likeness (QED) is 0.717. The van der Waals surface area contributed by atoms with Crippen LogP contribution in [0.25, 0.3) is 0 Å². The molecular weight excluding hydrogens is 336 g/mol. The Labute approximate surface area is 153 Å². The molecule has 0 bridgehead atoms. The minimum Gasteiger partial charge on any atom is -0.466 e. The van der Waals surface area contributed by atoms with Gasteiger partial charge in [0.05, 0.1) is 25.6 Å². The van der Waals surface area contributed by atoms with Crippen molar-refractivity contribution in [3.63, 3.8) is 0 Å². The van der Waals surface area contributed by atoms with Crippen molar-refractivity contribution in [2.24, 2.45) is 0 Å². The number of amides is 2. The first kappa shape index (κ1) is 19.9. The van der Waals surface area contributed by atoms with Crippen LogP contribution in [-0.2, 0) is 25.5 Å². The second kappa shape index (κ2) is 9.91. The molecule has 0 unspecified atom stereocenters. The summed E-state index contributed by atoms with van der Waals surface area (Å²) in [6.45, 7) is 3.21. The highest BCUT2D eigenvalue weighted by Gasteiger charge is 2.21. The van der Waals surface area contributed by atoms with Crippen molar-refractivity contribution in [2.75, 3.05) is 25.0 Å². The molecule has 0 atom stereocenters. The molecule has 1 aliphatic heterocycles. The molecule has 7 nitrogen and oxygen atoms in total. The third-order valence-corrected chi connectivity index (χ3v) is 4.27. The Kier molecular flexibility index (Phi) is 7.59. The van der Waals surface area contributed by atoms with Gasteiger partial charge < -0.3 is 20.1 Å². The zero-order valence-electron chi connectivity index (χ0n) is 15.1. The smallest absolute Gasteiger partial charge is 0.306 e. The Morgan fingerprint density at radius 3 is 2.42 bits per heavy atom. The Morgan fingerprint density at radius 2 is 1.81 bits per heavy atom. The molecule has 1 aliphatic rings. The van der Waals surface area contributed by atoms with Gasteiger partial charge in [-0.1, -0.05) is 12.1 Å². The van der Waals surface area contributed by atoms with Crippen molar-refractivity contribution in [1.82, 2.24) is 4.90 Å². The number of ether oxygens (including phenoxy) is 1. The van der Waals surface area contributed by atoms with Crippen LogP contribution in [-0.4, -0.2) is 53.6 Å². The van der Waals surface area contributed by atoms with E-state index in [1.165, 1.54) is 0 Å². The lowest BCUT2D eigenvalue weighted by Gasteiger charge is -2.29. The number of carbonyl (C=O) groups is 3. The van der Waals surface area contributed by atoms with Gasteiger partial charge in [-0.15, -0.1) is 0 Å². The molecule has 1 aromatic rings. The average Bonchev–Trinajstić information content (AvgIpc) is 2.62. The molecule has 0 saturated carbocycles. The van der Waals surface area contributed by atoms with Gasteiger partial charge in [0.1, 0.15) is 0 Å². The lowest BCUT2D eigenvalue weighted by Crippen LogP contribution is -2.40. The van der Waals surface area contributed by atoms with Gasteiger partial charge in [-0.25, -0.2) is 0 Å². The SMILES string of the molecule is CCOC(=O)CCC(=O)Nc1ccc(CC(=O)N2CCC(O)CC2)cc1. The van der Waals surface area contributed by atoms with E-state index in [0.29, 0.717) is 44.6 Å². The lowest BCUT2D eigenvalue weighted by molar-refractivity contribution is -0.144. The van der Waals surface area contributed by atoms with E-state index in [2.05, 4.69) is 5.32 Å². The molecule has 26 heavy (non-hydrogen) atoms. The molecule has 142 valence electrons. The summed E-state index contributed by atoms with van der Waals surface area (Å²) in [6.07, 6.45) is 1.38. The average molecular weight is 362 g/mol. The van der Waals surface area contributed by atoms with Crippen molar-refractivity contribution in [3.05, 3.63) is 29.8 Å². The Hall–Kier alpha value is -2.41. The Morgan fingerprint density at radius 1 is 1.15 bits per heavy atom. The monoisotopic (exact) mass is 362 g/mol. The molecule has 0 spiro atoms. The molecule has 0 aromatic heterocycles. The van der Waals surface area contributed by atoms with Crippen LogP contribution in [0, 0.1) is 0 Å². The molecule has 0 radical (unpaired) electrons. The van der Waals surface area contributed by atoms with Crippen molar-refractivity contribution in [3.8, 4) is 0 Å². The van der Waals surface area contributed by atoms with E-state index in [1.54, 1.807) is 36.1 Å². The molecule has 0 aliphatic carbocycles. The molecule has 1 aromatic carbocycles. The number of piperidine rings is 1. The van der Waals surface area contributed by atoms with Gasteiger partial charge in [0.2, 0.25) is 11.8 Å². The first-order valence-electron chi connectivity index (χ1n) is 8.98. The third-order valence-electron chi connectivity index (χ3n) is 4.27. The van der Waals surface area contributed by atoms with Crippen molar-refractivity contribution in [2.45, 2.75) is 45.1 Å². The van der Waals surface area contributed by atoms with Crippen LogP contribution in [0.3, 0.4) is 0 Å². The predicted octanol–water partition coefficient (Wildman–Crippen LogP) is 1.49. The molecular formula is C19H26N2O5. The van der Waals surface area contributed by atoms with Crippen molar-refractivity contribution >= 4 is 23.5 Å². The maximum Gasteiger partial charge on any atom is 0.306 e. The van der Waals surface area contributed by atoms with Gasteiger partial charge in [0.15, 0.2) is 0 Å². The highest BCUT2D eigenvalue weighted by atomic mass is 16.5. The molecule has 1 saturated heterocycles. The third kappa shape index (κ3) is 6.48. The van der Waals surface area contributed by atoms with Gasteiger partial charge in [0.25, 0.3) is 0 Å². The maximum atomic E-state index is 12.3. The summed E-state index contributed by atoms with van der Waals surface area (Å²) in [5.41, 5.74) is 1.49. The number of likely N-dealkylation sites (tertiary alicyclic amines) is 1. The summed E-state index contributed by atoms with van der Waals surface area (Å²) < 4.78 is 4.78. The van der Waals surface area contributed by atoms with Gasteiger partial charge in [-0.3, -0.25) is 14.4 Å². The zero-order valence-corrected chi connectivity index (χ0v) is 15.1. The number of carbonyl (C=O) groups excluding carboxylic acids is 3. The molecule has 2 amide bonds. The van der Waals surface area contributed by atoms with E-state index in [4.69, 9.17) is 4.74 Å². The summed E-state index contributed by atoms with van der Waals surface area (Å²) in [4.78, 5) is 37.1. The van der Waals surface area contributed by atoms with E-state index in [9.17, 15) is 19.5 Å². The van der Waals surface area contributed by atoms with Crippen LogP contribution in [0.4, 0.5) is 5.69 Å². The minimum absolute atomic E-state index is 0.0446. The Balaban J connectivity index is 1.77. The van der Waals surface area contributed by atoms with Gasteiger partial charge >= 0.3 is 5.97 Å². The fraction of sp³-hybridized carbons (Fsp3) is 0.526. The first-order chi connectivity index (χ1) is 12.5. The molecule has 1 fully saturated rings. The van der Waals surface area contributed by atoms with Gasteiger partial charge in [0, 0.05) is 25.2 Å². The lowest BCUT2D eigenvalue weighted by atomic mass is 10.1. The second-order valence-electron chi connectivity index (χ2n) is 6.34. The van der Waals surface area contributed by atoms with E-state index >= 15 is 0 Å². The predicted molar refractivity (Wildman–Crippen MR) is 96.5 cm³/mol. The number of nitrogens with zero attached hydrogens (tertiary/aromatic N) is 1. The molecule has 1 heterocycles. The molecule has 2 N–H and O–H groups in total. The van der Waals surface area contributed by atoms with Gasteiger partial charge in [-0.2, -0.15) is 0 Å². The second-order valence-corrected chi connectivity index (χ2v) is 6.34. The fourth-order valence-corrected chi connectivity index (χ4v) is 2.78. The van der Waals surface area contributed by atoms with Crippen LogP contribution < -0.4 is 5.32 Å². The maximum absolute atomic E-state index is 12.3. The largest absolute Gasteiger partial charge is 0.466 e. The summed E-state index contributed by atoms with van der Waals surface area (Å²) in [7, 11) is 0. The number of hydrogen-bond acceptors (Lipinski definition) is 5. The van der Waals surface area contributed by atoms with Crippen LogP contribution in [0.1, 0.15) is 38.2 Å². The number of rotatable bonds is 7. The first-order valence-corrected chi connectivity index (χ1v) is 8.98. The van der Waals surface area contributed by atoms with Crippen LogP contribution in [0.2, 0.25) is 0 Å². The summed E-state index contributed by atoms with van der Waals surface area (Å²) in [6, 6.07) is 7.09. The number of aliphatic hydroxyl groups excluding tert-OH is 1. The van der Waals surface area contributed by atoms with E-state index in [1.807, 2.05) is 0 Å². The Bertz CT molecular complexity index is 621. The fourth-order valence-electron chi connectivity index (χ4n) is 2.78. The van der Waals surface area contributed by atoms with Crippen LogP contribution in [0.5, 0.6) is 0 Å². The molecule has 7 heteroatoms. The highest BCUT2D eigenvalue weighted by molar-refractivity contribution is 5.92. The van der Waals surface area contributed by atoms with Gasteiger partial charge in [-0.05, 0) is 37.5 Å². The van der Waals surface area contributed by atoms with Crippen molar-refractivity contribution < 1.29 is 24.2 Å². The number of aliphatic hydroxyl groups is 1. The zero-order chi connectivity index (χ0) is 18.9. The molecule has 2 rings (SSSR count). The summed E-state index contributed by atoms with van der Waals surface area (Å²) in [5, 5.41) is 12.2. The number of nitrogens with one attached hydrogen (secondary N) is 1. The van der Waals surface area contributed by atoms with Crippen LogP contribution >= 0.6 is 0 Å². The standard InChI is InChI=1S/C19H26N2O5/c1-2-26-19(25)8-7-17(23)20-15-5-3-14(4-6-15)13-18(24)21-11-9-16(22)10-12-21/h3-6,16,22H,2,7-13H2,1H3,(H,20,23). The highest BCUT2D eigenvalue weighted by Crippen LogP contribution is 2.14. The summed E-state index contributed by atoms with van der Waals surface area (Å²) >= 11 is 0. The van der Waals surface area contributed by atoms with E-state index < -0.39 is 0 Å². The normalized spacial score (nSPS) is 14.8. The number of esters is 1. The summed E-state index contributed by atoms with van der Waals surface area (Å²) in [5.74, 6) is -0.599. The minimum atomic E-state index is -0.387. The van der Waals surface area contributed by atoms with Crippen molar-refractivity contribution in [1.29, 1.82) is 0 Å². The van der Waals surface area contributed by atoms with E-state index in [-0.39, 0.29) is 36.7 Å². The number of anilines is 1. The number of hydrogen-bond donors (Lipinski definition) is 2.